The van der Waals surface area contributed by atoms with Crippen LogP contribution in [0.3, 0.4) is 0 Å². The summed E-state index contributed by atoms with van der Waals surface area (Å²) < 4.78 is 0. The minimum atomic E-state index is -0.144. The van der Waals surface area contributed by atoms with Crippen LogP contribution in [-0.4, -0.2) is 27.6 Å². The summed E-state index contributed by atoms with van der Waals surface area (Å²) in [7, 11) is 0. The second kappa shape index (κ2) is 6.34. The molecule has 0 aliphatic carbocycles. The van der Waals surface area contributed by atoms with Gasteiger partial charge in [-0.1, -0.05) is 0 Å². The Labute approximate surface area is 126 Å². The van der Waals surface area contributed by atoms with E-state index in [1.165, 1.54) is 0 Å². The van der Waals surface area contributed by atoms with Crippen LogP contribution >= 0.6 is 23.7 Å². The van der Waals surface area contributed by atoms with Crippen molar-refractivity contribution in [2.45, 2.75) is 26.4 Å². The molecule has 0 saturated heterocycles. The van der Waals surface area contributed by atoms with Crippen LogP contribution in [0.2, 0.25) is 0 Å². The Morgan fingerprint density at radius 1 is 1.55 bits per heavy atom. The number of fused-ring (bicyclic) bond motifs is 1. The molecule has 2 aromatic rings. The third-order valence-electron chi connectivity index (χ3n) is 3.09. The van der Waals surface area contributed by atoms with E-state index in [1.807, 2.05) is 12.3 Å². The Hall–Kier alpha value is -1.44. The topological polar surface area (TPSA) is 82.7 Å². The van der Waals surface area contributed by atoms with E-state index in [0.717, 1.165) is 34.9 Å². The summed E-state index contributed by atoms with van der Waals surface area (Å²) in [6.45, 7) is 4.02. The third-order valence-corrected chi connectivity index (χ3v) is 4.05. The molecule has 3 N–H and O–H groups in total. The molecule has 0 bridgehead atoms. The molecule has 2 aromatic heterocycles. The number of rotatable bonds is 3. The summed E-state index contributed by atoms with van der Waals surface area (Å²) in [6, 6.07) is 0. The van der Waals surface area contributed by atoms with Crippen LogP contribution in [-0.2, 0) is 19.5 Å². The molecule has 0 saturated carbocycles. The van der Waals surface area contributed by atoms with Gasteiger partial charge in [0.1, 0.15) is 5.01 Å². The van der Waals surface area contributed by atoms with Gasteiger partial charge in [0.05, 0.1) is 6.54 Å². The van der Waals surface area contributed by atoms with E-state index in [0.29, 0.717) is 18.8 Å². The Kier molecular flexibility index (Phi) is 4.74. The quantitative estimate of drug-likeness (QED) is 0.794. The van der Waals surface area contributed by atoms with Gasteiger partial charge in [-0.05, 0) is 6.92 Å². The first-order valence-electron chi connectivity index (χ1n) is 6.20. The Morgan fingerprint density at radius 3 is 3.15 bits per heavy atom. The second-order valence-corrected chi connectivity index (χ2v) is 5.46. The van der Waals surface area contributed by atoms with E-state index < -0.39 is 0 Å². The van der Waals surface area contributed by atoms with Crippen LogP contribution < -0.4 is 10.6 Å². The lowest BCUT2D eigenvalue weighted by Gasteiger charge is -2.12. The number of aryl methyl sites for hydroxylation is 1. The molecule has 0 unspecified atom stereocenters. The summed E-state index contributed by atoms with van der Waals surface area (Å²) in [5, 5.41) is 16.1. The number of halogens is 1. The molecule has 0 radical (unpaired) electrons. The Balaban J connectivity index is 0.00000147. The Bertz CT molecular complexity index is 609. The standard InChI is InChI=1S/C12H15N5OS.ClH/c1-7-6-19-10(15-7)5-14-12(18)11-8-4-13-3-2-9(8)16-17-11;/h6,13H,2-5H2,1H3,(H,14,18)(H,16,17);1H. The number of aromatic nitrogens is 3. The van der Waals surface area contributed by atoms with E-state index in [9.17, 15) is 4.79 Å². The highest BCUT2D eigenvalue weighted by Gasteiger charge is 2.21. The summed E-state index contributed by atoms with van der Waals surface area (Å²) >= 11 is 1.55. The van der Waals surface area contributed by atoms with Crippen molar-refractivity contribution < 1.29 is 4.79 Å². The smallest absolute Gasteiger partial charge is 0.272 e. The molecule has 6 nitrogen and oxygen atoms in total. The van der Waals surface area contributed by atoms with Gasteiger partial charge in [0, 0.05) is 41.8 Å². The average Bonchev–Trinajstić information content (AvgIpc) is 3.02. The van der Waals surface area contributed by atoms with Crippen LogP contribution in [0.4, 0.5) is 0 Å². The molecule has 0 aromatic carbocycles. The van der Waals surface area contributed by atoms with Gasteiger partial charge >= 0.3 is 0 Å². The van der Waals surface area contributed by atoms with Gasteiger partial charge in [0.15, 0.2) is 5.69 Å². The molecule has 3 heterocycles. The number of aromatic amines is 1. The summed E-state index contributed by atoms with van der Waals surface area (Å²) in [6.07, 6.45) is 0.890. The maximum absolute atomic E-state index is 12.1. The van der Waals surface area contributed by atoms with Gasteiger partial charge in [0.25, 0.3) is 5.91 Å². The SMILES string of the molecule is Cc1csc(CNC(=O)c2n[nH]c3c2CNCC3)n1.Cl. The maximum Gasteiger partial charge on any atom is 0.272 e. The number of amides is 1. The molecule has 0 atom stereocenters. The van der Waals surface area contributed by atoms with Crippen molar-refractivity contribution in [1.29, 1.82) is 0 Å². The first-order chi connectivity index (χ1) is 9.24. The van der Waals surface area contributed by atoms with Crippen molar-refractivity contribution in [1.82, 2.24) is 25.8 Å². The van der Waals surface area contributed by atoms with Crippen LogP contribution in [0, 0.1) is 6.92 Å². The highest BCUT2D eigenvalue weighted by molar-refractivity contribution is 7.09. The monoisotopic (exact) mass is 313 g/mol. The molecule has 3 rings (SSSR count). The average molecular weight is 314 g/mol. The number of carbonyl (C=O) groups is 1. The zero-order chi connectivity index (χ0) is 13.2. The molecular weight excluding hydrogens is 298 g/mol. The van der Waals surface area contributed by atoms with E-state index in [-0.39, 0.29) is 18.3 Å². The van der Waals surface area contributed by atoms with Gasteiger partial charge in [-0.25, -0.2) is 4.98 Å². The zero-order valence-electron chi connectivity index (χ0n) is 11.0. The third kappa shape index (κ3) is 3.00. The molecule has 1 aliphatic heterocycles. The fraction of sp³-hybridized carbons (Fsp3) is 0.417. The van der Waals surface area contributed by atoms with Crippen molar-refractivity contribution in [2.75, 3.05) is 6.54 Å². The molecular formula is C12H16ClN5OS. The normalized spacial score (nSPS) is 13.4. The van der Waals surface area contributed by atoms with Crippen molar-refractivity contribution in [3.8, 4) is 0 Å². The number of nitrogens with one attached hydrogen (secondary N) is 3. The zero-order valence-corrected chi connectivity index (χ0v) is 12.7. The molecule has 8 heteroatoms. The first kappa shape index (κ1) is 15.0. The number of carbonyl (C=O) groups excluding carboxylic acids is 1. The van der Waals surface area contributed by atoms with Gasteiger partial charge < -0.3 is 10.6 Å². The van der Waals surface area contributed by atoms with Crippen molar-refractivity contribution in [3.63, 3.8) is 0 Å². The largest absolute Gasteiger partial charge is 0.344 e. The van der Waals surface area contributed by atoms with Crippen molar-refractivity contribution in [2.24, 2.45) is 0 Å². The predicted molar refractivity (Wildman–Crippen MR) is 79.3 cm³/mol. The number of thiazole rings is 1. The summed E-state index contributed by atoms with van der Waals surface area (Å²) in [5.41, 5.74) is 3.53. The lowest BCUT2D eigenvalue weighted by atomic mass is 10.1. The van der Waals surface area contributed by atoms with Crippen molar-refractivity contribution in [3.05, 3.63) is 33.0 Å². The fourth-order valence-electron chi connectivity index (χ4n) is 2.14. The van der Waals surface area contributed by atoms with E-state index in [1.54, 1.807) is 11.3 Å². The molecule has 0 fully saturated rings. The minimum Gasteiger partial charge on any atom is -0.344 e. The number of hydrogen-bond acceptors (Lipinski definition) is 5. The lowest BCUT2D eigenvalue weighted by Crippen LogP contribution is -2.28. The van der Waals surface area contributed by atoms with Gasteiger partial charge in [-0.15, -0.1) is 23.7 Å². The molecule has 108 valence electrons. The van der Waals surface area contributed by atoms with Gasteiger partial charge in [-0.3, -0.25) is 9.89 Å². The summed E-state index contributed by atoms with van der Waals surface area (Å²) in [5.74, 6) is -0.144. The maximum atomic E-state index is 12.1. The van der Waals surface area contributed by atoms with Gasteiger partial charge in [0.2, 0.25) is 0 Å². The molecule has 20 heavy (non-hydrogen) atoms. The van der Waals surface area contributed by atoms with Gasteiger partial charge in [-0.2, -0.15) is 5.10 Å². The number of H-pyrrole nitrogens is 1. The van der Waals surface area contributed by atoms with Crippen LogP contribution in [0.15, 0.2) is 5.38 Å². The molecule has 1 amide bonds. The Morgan fingerprint density at radius 2 is 2.40 bits per heavy atom. The molecule has 0 spiro atoms. The van der Waals surface area contributed by atoms with Crippen LogP contribution in [0.25, 0.3) is 0 Å². The van der Waals surface area contributed by atoms with Crippen LogP contribution in [0.1, 0.15) is 32.4 Å². The molecule has 1 aliphatic rings. The van der Waals surface area contributed by atoms with E-state index in [4.69, 9.17) is 0 Å². The minimum absolute atomic E-state index is 0. The number of nitrogens with zero attached hydrogens (tertiary/aromatic N) is 2. The predicted octanol–water partition coefficient (Wildman–Crippen LogP) is 1.17. The van der Waals surface area contributed by atoms with E-state index in [2.05, 4.69) is 25.8 Å². The summed E-state index contributed by atoms with van der Waals surface area (Å²) in [4.78, 5) is 16.4. The lowest BCUT2D eigenvalue weighted by molar-refractivity contribution is 0.0944. The van der Waals surface area contributed by atoms with E-state index >= 15 is 0 Å². The highest BCUT2D eigenvalue weighted by Crippen LogP contribution is 2.15. The number of hydrogen-bond donors (Lipinski definition) is 3. The second-order valence-electron chi connectivity index (χ2n) is 4.52. The first-order valence-corrected chi connectivity index (χ1v) is 7.08. The fourth-order valence-corrected chi connectivity index (χ4v) is 2.85. The van der Waals surface area contributed by atoms with Crippen LogP contribution in [0.5, 0.6) is 0 Å². The highest BCUT2D eigenvalue weighted by atomic mass is 35.5. The van der Waals surface area contributed by atoms with Crippen molar-refractivity contribution >= 4 is 29.7 Å².